The number of hydrogen-bond donors (Lipinski definition) is 1. The highest BCUT2D eigenvalue weighted by Crippen LogP contribution is 2.48. The maximum atomic E-state index is 6.40. The lowest BCUT2D eigenvalue weighted by molar-refractivity contribution is 0.367. The molecule has 1 aliphatic carbocycles. The van der Waals surface area contributed by atoms with Gasteiger partial charge in [0.2, 0.25) is 0 Å². The molecule has 2 unspecified atom stereocenters. The number of nitrogens with two attached hydrogens (primary N) is 1. The molecular weight excluding hydrogens is 226 g/mol. The zero-order chi connectivity index (χ0) is 13.3. The van der Waals surface area contributed by atoms with Crippen LogP contribution in [0.1, 0.15) is 34.6 Å². The zero-order valence-corrected chi connectivity index (χ0v) is 12.5. The molecule has 0 heterocycles. The summed E-state index contributed by atoms with van der Waals surface area (Å²) < 4.78 is -0.0113. The molecule has 0 spiro atoms. The molecule has 2 heteroatoms. The monoisotopic (exact) mass is 251 g/mol. The van der Waals surface area contributed by atoms with Crippen molar-refractivity contribution in [2.75, 3.05) is 0 Å². The van der Waals surface area contributed by atoms with E-state index in [0.717, 1.165) is 0 Å². The Balaban J connectivity index is 2.92. The minimum atomic E-state index is -0.0113. The highest BCUT2D eigenvalue weighted by molar-refractivity contribution is 8.04. The van der Waals surface area contributed by atoms with Crippen LogP contribution in [0.5, 0.6) is 0 Å². The average molecular weight is 251 g/mol. The smallest absolute Gasteiger partial charge is 0.0514 e. The van der Waals surface area contributed by atoms with Crippen LogP contribution in [-0.4, -0.2) is 10.8 Å². The molecule has 0 aromatic rings. The van der Waals surface area contributed by atoms with Gasteiger partial charge in [0, 0.05) is 6.04 Å². The van der Waals surface area contributed by atoms with Gasteiger partial charge in [-0.25, -0.2) is 0 Å². The lowest BCUT2D eigenvalue weighted by Crippen LogP contribution is -2.46. The van der Waals surface area contributed by atoms with Gasteiger partial charge in [-0.2, -0.15) is 0 Å². The normalized spacial score (nSPS) is 32.2. The highest BCUT2D eigenvalue weighted by Gasteiger charge is 2.44. The second-order valence-corrected chi connectivity index (χ2v) is 7.43. The van der Waals surface area contributed by atoms with E-state index in [1.54, 1.807) is 0 Å². The Kier molecular flexibility index (Phi) is 4.32. The first-order chi connectivity index (χ1) is 7.73. The molecule has 1 rings (SSSR count). The summed E-state index contributed by atoms with van der Waals surface area (Å²) in [5.41, 5.74) is 6.48. The third kappa shape index (κ3) is 3.05. The third-order valence-electron chi connectivity index (χ3n) is 3.45. The van der Waals surface area contributed by atoms with E-state index in [1.807, 2.05) is 17.8 Å². The van der Waals surface area contributed by atoms with Gasteiger partial charge in [0.05, 0.1) is 4.75 Å². The average Bonchev–Trinajstić information content (AvgIpc) is 2.43. The molecule has 0 fully saturated rings. The minimum absolute atomic E-state index is 0.0113. The van der Waals surface area contributed by atoms with Crippen LogP contribution in [0, 0.1) is 11.3 Å². The summed E-state index contributed by atoms with van der Waals surface area (Å²) in [6.45, 7) is 14.8. The summed E-state index contributed by atoms with van der Waals surface area (Å²) in [5, 5.41) is 0. The van der Waals surface area contributed by atoms with Crippen molar-refractivity contribution in [2.45, 2.75) is 45.4 Å². The molecule has 2 atom stereocenters. The van der Waals surface area contributed by atoms with Crippen molar-refractivity contribution >= 4 is 11.8 Å². The predicted molar refractivity (Wildman–Crippen MR) is 80.0 cm³/mol. The molecule has 96 valence electrons. The van der Waals surface area contributed by atoms with E-state index < -0.39 is 0 Å². The van der Waals surface area contributed by atoms with Crippen LogP contribution in [0.3, 0.4) is 0 Å². The van der Waals surface area contributed by atoms with Crippen molar-refractivity contribution in [3.05, 3.63) is 35.8 Å². The molecule has 0 radical (unpaired) electrons. The van der Waals surface area contributed by atoms with E-state index in [0.29, 0.717) is 5.92 Å². The van der Waals surface area contributed by atoms with E-state index in [2.05, 4.69) is 59.4 Å². The molecule has 2 N–H and O–H groups in total. The van der Waals surface area contributed by atoms with Gasteiger partial charge in [0.1, 0.15) is 0 Å². The lowest BCUT2D eigenvalue weighted by atomic mass is 9.85. The Morgan fingerprint density at radius 3 is 2.29 bits per heavy atom. The Morgan fingerprint density at radius 2 is 1.94 bits per heavy atom. The number of allylic oxidation sites excluding steroid dienone is 3. The van der Waals surface area contributed by atoms with Crippen molar-refractivity contribution < 1.29 is 0 Å². The van der Waals surface area contributed by atoms with Gasteiger partial charge in [-0.15, -0.1) is 11.8 Å². The summed E-state index contributed by atoms with van der Waals surface area (Å²) in [6, 6.07) is 0.145. The van der Waals surface area contributed by atoms with Gasteiger partial charge in [-0.3, -0.25) is 0 Å². The molecule has 0 saturated carbocycles. The molecule has 0 bridgehead atoms. The molecule has 17 heavy (non-hydrogen) atoms. The highest BCUT2D eigenvalue weighted by atomic mass is 32.2. The minimum Gasteiger partial charge on any atom is -0.325 e. The van der Waals surface area contributed by atoms with Gasteiger partial charge in [0.15, 0.2) is 0 Å². The first kappa shape index (κ1) is 14.6. The van der Waals surface area contributed by atoms with Gasteiger partial charge < -0.3 is 5.73 Å². The lowest BCUT2D eigenvalue weighted by Gasteiger charge is -2.35. The van der Waals surface area contributed by atoms with E-state index in [9.17, 15) is 0 Å². The predicted octanol–water partition coefficient (Wildman–Crippen LogP) is 4.13. The zero-order valence-electron chi connectivity index (χ0n) is 11.7. The van der Waals surface area contributed by atoms with E-state index in [4.69, 9.17) is 5.73 Å². The summed E-state index contributed by atoms with van der Waals surface area (Å²) in [5.74, 6) is 0.513. The maximum Gasteiger partial charge on any atom is 0.0514 e. The molecule has 0 amide bonds. The van der Waals surface area contributed by atoms with Gasteiger partial charge in [-0.1, -0.05) is 58.6 Å². The van der Waals surface area contributed by atoms with Gasteiger partial charge >= 0.3 is 0 Å². The molecular formula is C15H25NS. The second kappa shape index (κ2) is 5.03. The Labute approximate surface area is 110 Å². The van der Waals surface area contributed by atoms with Crippen LogP contribution in [0.25, 0.3) is 0 Å². The van der Waals surface area contributed by atoms with Crippen molar-refractivity contribution in [2.24, 2.45) is 17.1 Å². The molecule has 0 aromatic heterocycles. The van der Waals surface area contributed by atoms with E-state index in [-0.39, 0.29) is 16.2 Å². The molecule has 0 saturated heterocycles. The van der Waals surface area contributed by atoms with Crippen molar-refractivity contribution in [1.82, 2.24) is 0 Å². The van der Waals surface area contributed by atoms with E-state index >= 15 is 0 Å². The summed E-state index contributed by atoms with van der Waals surface area (Å²) in [6.07, 6.45) is 8.48. The van der Waals surface area contributed by atoms with Crippen molar-refractivity contribution in [1.29, 1.82) is 0 Å². The van der Waals surface area contributed by atoms with Crippen LogP contribution in [-0.2, 0) is 0 Å². The van der Waals surface area contributed by atoms with Gasteiger partial charge in [0.25, 0.3) is 0 Å². The summed E-state index contributed by atoms with van der Waals surface area (Å²) in [7, 11) is 0. The van der Waals surface area contributed by atoms with Crippen molar-refractivity contribution in [3.8, 4) is 0 Å². The fourth-order valence-corrected chi connectivity index (χ4v) is 3.61. The molecule has 0 aromatic carbocycles. The van der Waals surface area contributed by atoms with Crippen LogP contribution < -0.4 is 5.73 Å². The van der Waals surface area contributed by atoms with Crippen molar-refractivity contribution in [3.63, 3.8) is 0 Å². The topological polar surface area (TPSA) is 26.0 Å². The Bertz CT molecular complexity index is 352. The Morgan fingerprint density at radius 1 is 1.35 bits per heavy atom. The molecule has 0 aliphatic heterocycles. The maximum absolute atomic E-state index is 6.40. The first-order valence-electron chi connectivity index (χ1n) is 6.20. The van der Waals surface area contributed by atoms with Crippen LogP contribution in [0.2, 0.25) is 0 Å². The van der Waals surface area contributed by atoms with E-state index in [1.165, 1.54) is 4.91 Å². The van der Waals surface area contributed by atoms with Crippen LogP contribution in [0.15, 0.2) is 35.8 Å². The number of thioether (sulfide) groups is 1. The first-order valence-corrected chi connectivity index (χ1v) is 7.02. The summed E-state index contributed by atoms with van der Waals surface area (Å²) in [4.78, 5) is 1.35. The number of hydrogen-bond acceptors (Lipinski definition) is 2. The largest absolute Gasteiger partial charge is 0.325 e. The fraction of sp³-hybridized carbons (Fsp3) is 0.600. The van der Waals surface area contributed by atoms with Crippen LogP contribution in [0.4, 0.5) is 0 Å². The van der Waals surface area contributed by atoms with Crippen LogP contribution >= 0.6 is 11.8 Å². The molecule has 1 aliphatic rings. The van der Waals surface area contributed by atoms with Gasteiger partial charge in [-0.05, 0) is 23.2 Å². The number of rotatable bonds is 4. The Hall–Kier alpha value is -0.470. The molecule has 1 nitrogen and oxygen atoms in total. The summed E-state index contributed by atoms with van der Waals surface area (Å²) >= 11 is 1.88. The fourth-order valence-electron chi connectivity index (χ4n) is 2.14. The standard InChI is InChI=1S/C15H25NS/c1-7-8-12(11(2)3)17-15(6)10-9-14(4,5)13(15)16/h7-11,13H,1,16H2,2-6H3/b12-8+. The second-order valence-electron chi connectivity index (χ2n) is 5.88. The third-order valence-corrected chi connectivity index (χ3v) is 5.12. The quantitative estimate of drug-likeness (QED) is 0.600. The SMILES string of the molecule is C=C/C=C(/SC1(C)C=CC(C)(C)C1N)C(C)C.